The molecule has 0 radical (unpaired) electrons. The van der Waals surface area contributed by atoms with Gasteiger partial charge in [0.05, 0.1) is 18.0 Å². The molecule has 0 heterocycles. The fourth-order valence-electron chi connectivity index (χ4n) is 1.44. The second-order valence-electron chi connectivity index (χ2n) is 3.83. The summed E-state index contributed by atoms with van der Waals surface area (Å²) in [6.45, 7) is 0.711. The van der Waals surface area contributed by atoms with Crippen molar-refractivity contribution in [3.63, 3.8) is 0 Å². The molecule has 6 N–H and O–H groups in total. The Labute approximate surface area is 111 Å². The Balaban J connectivity index is 2.46. The minimum Gasteiger partial charge on any atom is -0.397 e. The number of carbonyl (C=O) groups excluding carboxylic acids is 2. The third-order valence-electron chi connectivity index (χ3n) is 2.35. The molecule has 2 amide bonds. The molecule has 0 aliphatic rings. The second kappa shape index (κ2) is 7.22. The molecule has 7 nitrogen and oxygen atoms in total. The molecule has 104 valence electrons. The standard InChI is InChI=1S/C12H18N4O3/c1-15-12(18)8-2-3-10(9(13)6-8)16-4-5-19-7-11(14)17/h2-3,6,16H,4-5,7,13H2,1H3,(H2,14,17)(H,15,18). The van der Waals surface area contributed by atoms with Crippen molar-refractivity contribution in [1.82, 2.24) is 5.32 Å². The molecule has 0 aromatic heterocycles. The smallest absolute Gasteiger partial charge is 0.251 e. The molecular weight excluding hydrogens is 248 g/mol. The van der Waals surface area contributed by atoms with Gasteiger partial charge in [-0.25, -0.2) is 0 Å². The van der Waals surface area contributed by atoms with Gasteiger partial charge in [-0.1, -0.05) is 0 Å². The first-order chi connectivity index (χ1) is 9.04. The van der Waals surface area contributed by atoms with Crippen LogP contribution in [0, 0.1) is 0 Å². The van der Waals surface area contributed by atoms with Crippen LogP contribution < -0.4 is 22.1 Å². The van der Waals surface area contributed by atoms with Gasteiger partial charge in [-0.05, 0) is 18.2 Å². The van der Waals surface area contributed by atoms with E-state index in [1.54, 1.807) is 25.2 Å². The Morgan fingerprint density at radius 3 is 2.68 bits per heavy atom. The first kappa shape index (κ1) is 14.8. The lowest BCUT2D eigenvalue weighted by molar-refractivity contribution is -0.122. The quantitative estimate of drug-likeness (QED) is 0.393. The van der Waals surface area contributed by atoms with Gasteiger partial charge < -0.3 is 26.8 Å². The normalized spacial score (nSPS) is 9.95. The lowest BCUT2D eigenvalue weighted by Crippen LogP contribution is -2.21. The number of primary amides is 1. The number of nitrogen functional groups attached to an aromatic ring is 1. The highest BCUT2D eigenvalue weighted by Gasteiger charge is 2.06. The Morgan fingerprint density at radius 2 is 2.11 bits per heavy atom. The summed E-state index contributed by atoms with van der Waals surface area (Å²) in [7, 11) is 1.56. The van der Waals surface area contributed by atoms with E-state index < -0.39 is 5.91 Å². The molecule has 1 rings (SSSR count). The maximum absolute atomic E-state index is 11.4. The van der Waals surface area contributed by atoms with Crippen LogP contribution in [0.3, 0.4) is 0 Å². The van der Waals surface area contributed by atoms with Crippen LogP contribution in [0.15, 0.2) is 18.2 Å². The van der Waals surface area contributed by atoms with E-state index in [0.717, 1.165) is 0 Å². The molecule has 0 saturated carbocycles. The number of nitrogens with two attached hydrogens (primary N) is 2. The number of ether oxygens (including phenoxy) is 1. The van der Waals surface area contributed by atoms with Crippen LogP contribution in [0.1, 0.15) is 10.4 Å². The van der Waals surface area contributed by atoms with Gasteiger partial charge in [0.25, 0.3) is 5.91 Å². The van der Waals surface area contributed by atoms with Gasteiger partial charge in [-0.3, -0.25) is 9.59 Å². The average Bonchev–Trinajstić information content (AvgIpc) is 2.38. The summed E-state index contributed by atoms with van der Waals surface area (Å²) in [4.78, 5) is 21.8. The molecule has 0 bridgehead atoms. The van der Waals surface area contributed by atoms with Gasteiger partial charge >= 0.3 is 0 Å². The van der Waals surface area contributed by atoms with Crippen molar-refractivity contribution < 1.29 is 14.3 Å². The van der Waals surface area contributed by atoms with Crippen molar-refractivity contribution in [1.29, 1.82) is 0 Å². The predicted octanol–water partition coefficient (Wildman–Crippen LogP) is -0.458. The second-order valence-corrected chi connectivity index (χ2v) is 3.83. The zero-order chi connectivity index (χ0) is 14.3. The minimum atomic E-state index is -0.505. The summed E-state index contributed by atoms with van der Waals surface area (Å²) >= 11 is 0. The summed E-state index contributed by atoms with van der Waals surface area (Å²) in [6.07, 6.45) is 0. The highest BCUT2D eigenvalue weighted by atomic mass is 16.5. The zero-order valence-electron chi connectivity index (χ0n) is 10.7. The van der Waals surface area contributed by atoms with Crippen LogP contribution in [0.5, 0.6) is 0 Å². The Morgan fingerprint density at radius 1 is 1.37 bits per heavy atom. The summed E-state index contributed by atoms with van der Waals surface area (Å²) in [5.41, 5.74) is 12.4. The number of benzene rings is 1. The molecule has 1 aromatic rings. The maximum Gasteiger partial charge on any atom is 0.251 e. The van der Waals surface area contributed by atoms with Crippen molar-refractivity contribution in [2.24, 2.45) is 5.73 Å². The highest BCUT2D eigenvalue weighted by Crippen LogP contribution is 2.19. The van der Waals surface area contributed by atoms with Crippen molar-refractivity contribution in [2.75, 3.05) is 37.9 Å². The molecule has 7 heteroatoms. The zero-order valence-corrected chi connectivity index (χ0v) is 10.7. The number of nitrogens with one attached hydrogen (secondary N) is 2. The van der Waals surface area contributed by atoms with Crippen molar-refractivity contribution >= 4 is 23.2 Å². The van der Waals surface area contributed by atoms with E-state index in [1.165, 1.54) is 0 Å². The Bertz CT molecular complexity index is 462. The summed E-state index contributed by atoms with van der Waals surface area (Å²) in [5.74, 6) is -0.697. The molecule has 0 unspecified atom stereocenters. The van der Waals surface area contributed by atoms with Crippen LogP contribution >= 0.6 is 0 Å². The maximum atomic E-state index is 11.4. The monoisotopic (exact) mass is 266 g/mol. The van der Waals surface area contributed by atoms with E-state index in [-0.39, 0.29) is 12.5 Å². The lowest BCUT2D eigenvalue weighted by Gasteiger charge is -2.10. The van der Waals surface area contributed by atoms with Crippen LogP contribution in [-0.4, -0.2) is 38.6 Å². The van der Waals surface area contributed by atoms with Crippen molar-refractivity contribution in [2.45, 2.75) is 0 Å². The van der Waals surface area contributed by atoms with Crippen molar-refractivity contribution in [3.8, 4) is 0 Å². The number of anilines is 2. The molecule has 0 aliphatic heterocycles. The Kier molecular flexibility index (Phi) is 5.62. The number of hydrogen-bond acceptors (Lipinski definition) is 5. The molecule has 0 aliphatic carbocycles. The van der Waals surface area contributed by atoms with E-state index in [1.807, 2.05) is 0 Å². The number of rotatable bonds is 7. The summed E-state index contributed by atoms with van der Waals surface area (Å²) < 4.78 is 4.99. The molecule has 0 fully saturated rings. The number of hydrogen-bond donors (Lipinski definition) is 4. The summed E-state index contributed by atoms with van der Waals surface area (Å²) in [5, 5.41) is 5.56. The largest absolute Gasteiger partial charge is 0.397 e. The first-order valence-electron chi connectivity index (χ1n) is 5.76. The van der Waals surface area contributed by atoms with Gasteiger partial charge in [-0.15, -0.1) is 0 Å². The van der Waals surface area contributed by atoms with Gasteiger partial charge in [0.2, 0.25) is 5.91 Å². The highest BCUT2D eigenvalue weighted by molar-refractivity contribution is 5.95. The molecule has 19 heavy (non-hydrogen) atoms. The third kappa shape index (κ3) is 4.84. The average molecular weight is 266 g/mol. The van der Waals surface area contributed by atoms with Gasteiger partial charge in [0, 0.05) is 19.2 Å². The molecule has 0 atom stereocenters. The molecular formula is C12H18N4O3. The molecule has 0 saturated heterocycles. The topological polar surface area (TPSA) is 119 Å². The fourth-order valence-corrected chi connectivity index (χ4v) is 1.44. The first-order valence-corrected chi connectivity index (χ1v) is 5.76. The molecule has 1 aromatic carbocycles. The van der Waals surface area contributed by atoms with E-state index in [2.05, 4.69) is 10.6 Å². The van der Waals surface area contributed by atoms with E-state index >= 15 is 0 Å². The van der Waals surface area contributed by atoms with Crippen molar-refractivity contribution in [3.05, 3.63) is 23.8 Å². The number of carbonyl (C=O) groups is 2. The lowest BCUT2D eigenvalue weighted by atomic mass is 10.1. The summed E-state index contributed by atoms with van der Waals surface area (Å²) in [6, 6.07) is 4.97. The van der Waals surface area contributed by atoms with E-state index in [0.29, 0.717) is 30.1 Å². The molecule has 0 spiro atoms. The van der Waals surface area contributed by atoms with Gasteiger partial charge in [-0.2, -0.15) is 0 Å². The van der Waals surface area contributed by atoms with E-state index in [9.17, 15) is 9.59 Å². The van der Waals surface area contributed by atoms with Crippen LogP contribution in [0.4, 0.5) is 11.4 Å². The predicted molar refractivity (Wildman–Crippen MR) is 72.7 cm³/mol. The van der Waals surface area contributed by atoms with Crippen LogP contribution in [0.2, 0.25) is 0 Å². The number of amides is 2. The fraction of sp³-hybridized carbons (Fsp3) is 0.333. The van der Waals surface area contributed by atoms with Gasteiger partial charge in [0.1, 0.15) is 6.61 Å². The minimum absolute atomic E-state index is 0.104. The van der Waals surface area contributed by atoms with Crippen LogP contribution in [0.25, 0.3) is 0 Å². The third-order valence-corrected chi connectivity index (χ3v) is 2.35. The van der Waals surface area contributed by atoms with Crippen LogP contribution in [-0.2, 0) is 9.53 Å². The van der Waals surface area contributed by atoms with E-state index in [4.69, 9.17) is 16.2 Å². The van der Waals surface area contributed by atoms with Gasteiger partial charge in [0.15, 0.2) is 0 Å². The Hall–Kier alpha value is -2.28. The SMILES string of the molecule is CNC(=O)c1ccc(NCCOCC(N)=O)c(N)c1.